The average molecular weight is 1220 g/mol. The van der Waals surface area contributed by atoms with Gasteiger partial charge in [0.25, 0.3) is 0 Å². The van der Waals surface area contributed by atoms with Crippen molar-refractivity contribution in [3.05, 3.63) is 339 Å². The van der Waals surface area contributed by atoms with E-state index in [0.717, 1.165) is 133 Å². The summed E-state index contributed by atoms with van der Waals surface area (Å²) in [5, 5.41) is 24.0. The normalized spacial score (nSPS) is 11.1. The van der Waals surface area contributed by atoms with Crippen LogP contribution in [0.1, 0.15) is 11.1 Å². The lowest BCUT2D eigenvalue weighted by Crippen LogP contribution is -2.00. The number of aromatic nitrogens is 6. The molecule has 14 aromatic carbocycles. The van der Waals surface area contributed by atoms with Gasteiger partial charge in [-0.05, 0) is 142 Å². The van der Waals surface area contributed by atoms with Gasteiger partial charge in [-0.25, -0.2) is 29.9 Å². The monoisotopic (exact) mass is 1220 g/mol. The molecule has 0 bridgehead atoms. The number of benzene rings is 14. The molecule has 96 heavy (non-hydrogen) atoms. The van der Waals surface area contributed by atoms with Crippen molar-refractivity contribution in [2.24, 2.45) is 0 Å². The van der Waals surface area contributed by atoms with E-state index in [-0.39, 0.29) is 0 Å². The molecule has 0 spiro atoms. The molecule has 0 atom stereocenters. The summed E-state index contributed by atoms with van der Waals surface area (Å²) in [7, 11) is 0. The van der Waals surface area contributed by atoms with Crippen LogP contribution in [0.5, 0.6) is 0 Å². The fourth-order valence-electron chi connectivity index (χ4n) is 12.8. The highest BCUT2D eigenvalue weighted by molar-refractivity contribution is 6.07. The summed E-state index contributed by atoms with van der Waals surface area (Å²) < 4.78 is 0. The maximum atomic E-state index is 9.77. The molecule has 446 valence electrons. The van der Waals surface area contributed by atoms with E-state index < -0.39 is 0 Å². The van der Waals surface area contributed by atoms with Gasteiger partial charge in [0.2, 0.25) is 0 Å². The van der Waals surface area contributed by atoms with E-state index in [4.69, 9.17) is 29.9 Å². The maximum absolute atomic E-state index is 9.77. The number of hydrogen-bond acceptors (Lipinski definition) is 8. The van der Waals surface area contributed by atoms with E-state index in [9.17, 15) is 10.5 Å². The van der Waals surface area contributed by atoms with Crippen LogP contribution in [0.2, 0.25) is 0 Å². The maximum Gasteiger partial charge on any atom is 0.164 e. The molecule has 0 aliphatic heterocycles. The topological polar surface area (TPSA) is 125 Å². The highest BCUT2D eigenvalue weighted by Gasteiger charge is 2.19. The van der Waals surface area contributed by atoms with Gasteiger partial charge in [0.1, 0.15) is 0 Å². The lowest BCUT2D eigenvalue weighted by molar-refractivity contribution is 1.07. The second-order valence-electron chi connectivity index (χ2n) is 23.6. The predicted molar refractivity (Wildman–Crippen MR) is 388 cm³/mol. The summed E-state index contributed by atoms with van der Waals surface area (Å²) in [5.74, 6) is 3.49. The van der Waals surface area contributed by atoms with Gasteiger partial charge in [-0.2, -0.15) is 10.5 Å². The first-order valence-electron chi connectivity index (χ1n) is 31.7. The van der Waals surface area contributed by atoms with E-state index >= 15 is 0 Å². The Hall–Kier alpha value is -13.4. The average Bonchev–Trinajstić information content (AvgIpc) is 0.774. The van der Waals surface area contributed by atoms with Crippen LogP contribution in [0.15, 0.2) is 328 Å². The van der Waals surface area contributed by atoms with Crippen LogP contribution in [0.25, 0.3) is 168 Å². The highest BCUT2D eigenvalue weighted by atomic mass is 15.0. The van der Waals surface area contributed by atoms with Crippen molar-refractivity contribution in [3.8, 4) is 158 Å². The molecule has 2 heterocycles. The number of rotatable bonds is 13. The number of fused-ring (bicyclic) bond motifs is 2. The number of nitrogens with zero attached hydrogens (tertiary/aromatic N) is 8. The minimum atomic E-state index is 0.552. The van der Waals surface area contributed by atoms with Crippen LogP contribution in [-0.4, -0.2) is 29.9 Å². The third-order valence-corrected chi connectivity index (χ3v) is 17.7. The highest BCUT2D eigenvalue weighted by Crippen LogP contribution is 2.42. The molecule has 0 amide bonds. The molecule has 2 aromatic heterocycles. The predicted octanol–water partition coefficient (Wildman–Crippen LogP) is 21.8. The summed E-state index contributed by atoms with van der Waals surface area (Å²) in [5.41, 5.74) is 21.1. The minimum absolute atomic E-state index is 0.552. The van der Waals surface area contributed by atoms with Crippen LogP contribution >= 0.6 is 0 Å². The molecule has 0 unspecified atom stereocenters. The van der Waals surface area contributed by atoms with Gasteiger partial charge in [-0.15, -0.1) is 0 Å². The van der Waals surface area contributed by atoms with E-state index in [2.05, 4.69) is 200 Å². The first-order valence-corrected chi connectivity index (χ1v) is 31.7. The van der Waals surface area contributed by atoms with E-state index in [1.807, 2.05) is 140 Å². The molecule has 16 rings (SSSR count). The molecule has 0 fully saturated rings. The van der Waals surface area contributed by atoms with Gasteiger partial charge in [0.15, 0.2) is 34.9 Å². The largest absolute Gasteiger partial charge is 0.208 e. The SMILES string of the molecule is N#Cc1cccc(-c2ccc(-c3cc(-c4cccc(-c5nc(-c6ccccc6)nc(-c6ccc(-c7cccc8ccc(-c9ccc(-c%10ccccc%10C#N)cc9)cc78)cc6)n5)c4)c4cccc(-c5ccc(-c6nc(-c7ccccc7)nc(-c7ccccc7)n6)cc5)c4c3)cc2)c1. The molecule has 0 saturated carbocycles. The Morgan fingerprint density at radius 3 is 1.09 bits per heavy atom. The van der Waals surface area contributed by atoms with Crippen molar-refractivity contribution in [1.29, 1.82) is 10.5 Å². The quantitative estimate of drug-likeness (QED) is 0.112. The first-order chi connectivity index (χ1) is 47.4. The fourth-order valence-corrected chi connectivity index (χ4v) is 12.8. The summed E-state index contributed by atoms with van der Waals surface area (Å²) in [4.78, 5) is 30.7. The zero-order valence-corrected chi connectivity index (χ0v) is 51.8. The van der Waals surface area contributed by atoms with Crippen LogP contribution in [0, 0.1) is 22.7 Å². The van der Waals surface area contributed by atoms with Crippen molar-refractivity contribution < 1.29 is 0 Å². The molecule has 0 radical (unpaired) electrons. The zero-order chi connectivity index (χ0) is 64.3. The summed E-state index contributed by atoms with van der Waals surface area (Å²) >= 11 is 0. The molecular formula is C88H54N8. The van der Waals surface area contributed by atoms with Crippen LogP contribution in [0.4, 0.5) is 0 Å². The Morgan fingerprint density at radius 1 is 0.188 bits per heavy atom. The smallest absolute Gasteiger partial charge is 0.164 e. The van der Waals surface area contributed by atoms with Gasteiger partial charge in [0.05, 0.1) is 23.3 Å². The van der Waals surface area contributed by atoms with Gasteiger partial charge in [-0.1, -0.05) is 285 Å². The van der Waals surface area contributed by atoms with Crippen LogP contribution < -0.4 is 0 Å². The first kappa shape index (κ1) is 57.7. The van der Waals surface area contributed by atoms with Crippen molar-refractivity contribution in [2.75, 3.05) is 0 Å². The van der Waals surface area contributed by atoms with Crippen LogP contribution in [-0.2, 0) is 0 Å². The Bertz CT molecular complexity index is 5630. The summed E-state index contributed by atoms with van der Waals surface area (Å²) in [6, 6.07) is 117. The summed E-state index contributed by atoms with van der Waals surface area (Å²) in [6.07, 6.45) is 0. The van der Waals surface area contributed by atoms with Gasteiger partial charge < -0.3 is 0 Å². The molecule has 8 heteroatoms. The molecule has 0 N–H and O–H groups in total. The van der Waals surface area contributed by atoms with Crippen LogP contribution in [0.3, 0.4) is 0 Å². The van der Waals surface area contributed by atoms with E-state index in [1.54, 1.807) is 0 Å². The second kappa shape index (κ2) is 25.4. The Labute approximate surface area is 555 Å². The summed E-state index contributed by atoms with van der Waals surface area (Å²) in [6.45, 7) is 0. The standard InChI is InChI=1S/C88H54N8/c89-55-57-16-12-25-70(50-57)58-32-34-60(35-33-58)75-53-81(79-31-15-30-78(82(79)54-75)64-42-47-68(48-43-64)86-92-83(65-17-4-1-5-18-65)91-84(93-86)66-19-6-2-7-20-66)72-26-13-27-73(51-72)88-95-85(67-21-8-3-9-22-67)94-87(96-88)69-45-40-63(41-46-69)77-29-14-24-61-44-49-71(52-80(61)77)59-36-38-62(39-37-59)76-28-11-10-23-74(76)56-90/h1-54H. The lowest BCUT2D eigenvalue weighted by Gasteiger charge is -2.16. The Kier molecular flexibility index (Phi) is 15.2. The third-order valence-electron chi connectivity index (χ3n) is 17.7. The molecule has 16 aromatic rings. The van der Waals surface area contributed by atoms with Gasteiger partial charge in [0, 0.05) is 33.4 Å². The molecule has 0 aliphatic carbocycles. The van der Waals surface area contributed by atoms with Gasteiger partial charge >= 0.3 is 0 Å². The molecular weight excluding hydrogens is 1170 g/mol. The second-order valence-corrected chi connectivity index (χ2v) is 23.6. The molecule has 0 saturated heterocycles. The zero-order valence-electron chi connectivity index (χ0n) is 51.8. The minimum Gasteiger partial charge on any atom is -0.208 e. The van der Waals surface area contributed by atoms with E-state index in [0.29, 0.717) is 46.1 Å². The van der Waals surface area contributed by atoms with Crippen molar-refractivity contribution >= 4 is 21.5 Å². The van der Waals surface area contributed by atoms with E-state index in [1.165, 1.54) is 0 Å². The van der Waals surface area contributed by atoms with Gasteiger partial charge in [-0.3, -0.25) is 0 Å². The van der Waals surface area contributed by atoms with Crippen molar-refractivity contribution in [2.45, 2.75) is 0 Å². The lowest BCUT2D eigenvalue weighted by atomic mass is 9.88. The number of hydrogen-bond donors (Lipinski definition) is 0. The number of nitriles is 2. The third kappa shape index (κ3) is 11.5. The van der Waals surface area contributed by atoms with Crippen molar-refractivity contribution in [1.82, 2.24) is 29.9 Å². The Morgan fingerprint density at radius 2 is 0.552 bits per heavy atom. The molecule has 0 aliphatic rings. The molecule has 8 nitrogen and oxygen atoms in total. The fraction of sp³-hybridized carbons (Fsp3) is 0. The Balaban J connectivity index is 0.771. The van der Waals surface area contributed by atoms with Crippen molar-refractivity contribution in [3.63, 3.8) is 0 Å².